The predicted octanol–water partition coefficient (Wildman–Crippen LogP) is 2.50. The van der Waals surface area contributed by atoms with Crippen molar-refractivity contribution in [1.29, 1.82) is 0 Å². The molecule has 2 rings (SSSR count). The van der Waals surface area contributed by atoms with E-state index in [1.807, 2.05) is 5.43 Å². The van der Waals surface area contributed by atoms with Crippen LogP contribution in [0, 0.1) is 21.7 Å². The Morgan fingerprint density at radius 2 is 2.10 bits per heavy atom. The van der Waals surface area contributed by atoms with Gasteiger partial charge in [-0.15, -0.1) is 0 Å². The molecule has 0 atom stereocenters. The summed E-state index contributed by atoms with van der Waals surface area (Å²) in [5, 5.41) is 11.0. The zero-order valence-electron chi connectivity index (χ0n) is 10.0. The summed E-state index contributed by atoms with van der Waals surface area (Å²) in [4.78, 5) is 17.2. The van der Waals surface area contributed by atoms with Crippen molar-refractivity contribution in [3.8, 4) is 11.6 Å². The van der Waals surface area contributed by atoms with E-state index in [0.29, 0.717) is 0 Å². The van der Waals surface area contributed by atoms with E-state index in [9.17, 15) is 18.9 Å². The Hall–Kier alpha value is -2.40. The number of anilines is 1. The Bertz CT molecular complexity index is 715. The van der Waals surface area contributed by atoms with Gasteiger partial charge in [-0.1, -0.05) is 15.9 Å². The number of benzene rings is 1. The monoisotopic (exact) mass is 361 g/mol. The minimum atomic E-state index is -1.31. The highest BCUT2D eigenvalue weighted by Gasteiger charge is 2.26. The van der Waals surface area contributed by atoms with E-state index in [-0.39, 0.29) is 10.3 Å². The van der Waals surface area contributed by atoms with Gasteiger partial charge in [0.2, 0.25) is 11.6 Å². The Morgan fingerprint density at radius 1 is 1.38 bits per heavy atom. The molecule has 1 aromatic carbocycles. The van der Waals surface area contributed by atoms with Crippen LogP contribution >= 0.6 is 15.9 Å². The first kappa shape index (κ1) is 15.0. The van der Waals surface area contributed by atoms with E-state index < -0.39 is 33.9 Å². The van der Waals surface area contributed by atoms with Crippen LogP contribution in [-0.4, -0.2) is 14.9 Å². The summed E-state index contributed by atoms with van der Waals surface area (Å²) in [7, 11) is 0. The average molecular weight is 362 g/mol. The summed E-state index contributed by atoms with van der Waals surface area (Å²) in [6.07, 6.45) is 0.920. The molecule has 0 fully saturated rings. The van der Waals surface area contributed by atoms with Crippen molar-refractivity contribution < 1.29 is 18.4 Å². The van der Waals surface area contributed by atoms with Crippen molar-refractivity contribution >= 4 is 27.4 Å². The van der Waals surface area contributed by atoms with E-state index in [2.05, 4.69) is 25.9 Å². The number of nitrogen functional groups attached to an aromatic ring is 1. The fourth-order valence-electron chi connectivity index (χ4n) is 1.42. The van der Waals surface area contributed by atoms with Crippen LogP contribution in [-0.2, 0) is 0 Å². The molecule has 0 spiro atoms. The first-order chi connectivity index (χ1) is 9.93. The summed E-state index contributed by atoms with van der Waals surface area (Å²) < 4.78 is 32.0. The summed E-state index contributed by atoms with van der Waals surface area (Å²) in [5.74, 6) is 1.09. The van der Waals surface area contributed by atoms with Crippen LogP contribution in [0.15, 0.2) is 22.9 Å². The number of nitrogens with one attached hydrogen (secondary N) is 1. The third-order valence-corrected chi connectivity index (χ3v) is 2.73. The molecular formula is C10H6BrF2N5O3. The maximum Gasteiger partial charge on any atom is 0.374 e. The van der Waals surface area contributed by atoms with Crippen LogP contribution in [0.1, 0.15) is 0 Å². The predicted molar refractivity (Wildman–Crippen MR) is 70.6 cm³/mol. The van der Waals surface area contributed by atoms with Gasteiger partial charge in [-0.25, -0.2) is 15.2 Å². The number of hydrogen-bond acceptors (Lipinski definition) is 7. The number of nitrogens with zero attached hydrogens (tertiary/aromatic N) is 3. The molecule has 0 aliphatic rings. The van der Waals surface area contributed by atoms with Crippen LogP contribution in [0.25, 0.3) is 0 Å². The fourth-order valence-corrected chi connectivity index (χ4v) is 1.83. The topological polar surface area (TPSA) is 116 Å². The molecule has 8 nitrogen and oxygen atoms in total. The lowest BCUT2D eigenvalue weighted by Gasteiger charge is -2.08. The maximum atomic E-state index is 13.6. The number of hydrazine groups is 1. The smallest absolute Gasteiger partial charge is 0.374 e. The number of nitro groups is 1. The molecule has 1 aromatic heterocycles. The zero-order valence-corrected chi connectivity index (χ0v) is 11.6. The molecule has 0 bridgehead atoms. The van der Waals surface area contributed by atoms with Crippen LogP contribution in [0.2, 0.25) is 0 Å². The van der Waals surface area contributed by atoms with E-state index in [0.717, 1.165) is 18.5 Å². The molecule has 0 saturated carbocycles. The molecule has 2 aromatic rings. The van der Waals surface area contributed by atoms with Gasteiger partial charge in [-0.3, -0.25) is 10.1 Å². The summed E-state index contributed by atoms with van der Waals surface area (Å²) in [6.45, 7) is 0. The third-order valence-electron chi connectivity index (χ3n) is 2.27. The Labute approximate surface area is 124 Å². The van der Waals surface area contributed by atoms with Crippen molar-refractivity contribution in [3.63, 3.8) is 0 Å². The minimum Gasteiger partial charge on any atom is -0.430 e. The van der Waals surface area contributed by atoms with Gasteiger partial charge in [0, 0.05) is 4.47 Å². The molecule has 0 amide bonds. The van der Waals surface area contributed by atoms with Gasteiger partial charge in [-0.05, 0) is 12.1 Å². The lowest BCUT2D eigenvalue weighted by Crippen LogP contribution is -2.12. The van der Waals surface area contributed by atoms with Gasteiger partial charge >= 0.3 is 11.6 Å². The minimum absolute atomic E-state index is 0.185. The van der Waals surface area contributed by atoms with E-state index >= 15 is 0 Å². The molecule has 3 N–H and O–H groups in total. The number of rotatable bonds is 4. The molecule has 110 valence electrons. The van der Waals surface area contributed by atoms with Crippen LogP contribution in [0.3, 0.4) is 0 Å². The Kier molecular flexibility index (Phi) is 4.23. The van der Waals surface area contributed by atoms with Crippen molar-refractivity contribution in [2.24, 2.45) is 5.84 Å². The molecule has 11 heteroatoms. The molecule has 1 heterocycles. The van der Waals surface area contributed by atoms with Gasteiger partial charge in [0.05, 0.1) is 4.92 Å². The molecule has 0 aliphatic heterocycles. The van der Waals surface area contributed by atoms with Crippen LogP contribution in [0.4, 0.5) is 20.3 Å². The van der Waals surface area contributed by atoms with E-state index in [1.54, 1.807) is 0 Å². The number of nitrogens with two attached hydrogens (primary N) is 1. The first-order valence-corrected chi connectivity index (χ1v) is 6.01. The van der Waals surface area contributed by atoms with Gasteiger partial charge in [0.1, 0.15) is 6.33 Å². The molecule has 0 radical (unpaired) electrons. The second kappa shape index (κ2) is 5.93. The fraction of sp³-hybridized carbons (Fsp3) is 0. The van der Waals surface area contributed by atoms with Crippen LogP contribution < -0.4 is 16.0 Å². The number of hydrogen-bond donors (Lipinski definition) is 2. The summed E-state index contributed by atoms with van der Waals surface area (Å²) in [5.41, 5.74) is 1.28. The lowest BCUT2D eigenvalue weighted by atomic mass is 10.3. The van der Waals surface area contributed by atoms with Crippen molar-refractivity contribution in [2.45, 2.75) is 0 Å². The highest BCUT2D eigenvalue weighted by atomic mass is 79.9. The molecule has 0 aliphatic carbocycles. The first-order valence-electron chi connectivity index (χ1n) is 5.22. The quantitative estimate of drug-likeness (QED) is 0.371. The van der Waals surface area contributed by atoms with Crippen molar-refractivity contribution in [2.75, 3.05) is 5.43 Å². The Balaban J connectivity index is 2.52. The SMILES string of the molecule is NNc1ncnc(Oc2cc(Br)cc(F)c2F)c1[N+](=O)[O-]. The summed E-state index contributed by atoms with van der Waals surface area (Å²) >= 11 is 2.95. The van der Waals surface area contributed by atoms with E-state index in [1.165, 1.54) is 0 Å². The molecule has 0 unspecified atom stereocenters. The third kappa shape index (κ3) is 3.03. The van der Waals surface area contributed by atoms with Gasteiger partial charge in [0.15, 0.2) is 11.6 Å². The number of aromatic nitrogens is 2. The molecule has 0 saturated heterocycles. The maximum absolute atomic E-state index is 13.6. The average Bonchev–Trinajstić information content (AvgIpc) is 2.43. The standard InChI is InChI=1S/C10H6BrF2N5O3/c11-4-1-5(12)7(13)6(2-4)21-10-8(18(19)20)9(17-14)15-3-16-10/h1-3H,14H2,(H,15,16,17). The molecular weight excluding hydrogens is 356 g/mol. The largest absolute Gasteiger partial charge is 0.430 e. The zero-order chi connectivity index (χ0) is 15.6. The summed E-state index contributed by atoms with van der Waals surface area (Å²) in [6, 6.07) is 1.98. The van der Waals surface area contributed by atoms with Crippen LogP contribution in [0.5, 0.6) is 11.6 Å². The normalized spacial score (nSPS) is 10.3. The number of ether oxygens (including phenoxy) is 1. The van der Waals surface area contributed by atoms with Crippen molar-refractivity contribution in [3.05, 3.63) is 44.7 Å². The van der Waals surface area contributed by atoms with Gasteiger partial charge < -0.3 is 10.2 Å². The second-order valence-electron chi connectivity index (χ2n) is 3.58. The van der Waals surface area contributed by atoms with E-state index in [4.69, 9.17) is 10.6 Å². The highest BCUT2D eigenvalue weighted by Crippen LogP contribution is 2.35. The van der Waals surface area contributed by atoms with Gasteiger partial charge in [0.25, 0.3) is 0 Å². The Morgan fingerprint density at radius 3 is 2.71 bits per heavy atom. The molecule has 21 heavy (non-hydrogen) atoms. The van der Waals surface area contributed by atoms with Gasteiger partial charge in [-0.2, -0.15) is 9.37 Å². The van der Waals surface area contributed by atoms with Crippen molar-refractivity contribution in [1.82, 2.24) is 9.97 Å². The highest BCUT2D eigenvalue weighted by molar-refractivity contribution is 9.10. The second-order valence-corrected chi connectivity index (χ2v) is 4.49. The number of halogens is 3. The lowest BCUT2D eigenvalue weighted by molar-refractivity contribution is -0.385.